The van der Waals surface area contributed by atoms with Crippen LogP contribution in [-0.2, 0) is 6.42 Å². The Morgan fingerprint density at radius 3 is 2.84 bits per heavy atom. The zero-order chi connectivity index (χ0) is 13.4. The summed E-state index contributed by atoms with van der Waals surface area (Å²) in [5.74, 6) is -0.0823. The van der Waals surface area contributed by atoms with E-state index in [1.807, 2.05) is 24.3 Å². The van der Waals surface area contributed by atoms with Crippen LogP contribution in [0.5, 0.6) is 5.75 Å². The molecule has 19 heavy (non-hydrogen) atoms. The third-order valence-electron chi connectivity index (χ3n) is 3.42. The van der Waals surface area contributed by atoms with Gasteiger partial charge in [-0.05, 0) is 35.7 Å². The zero-order valence-electron chi connectivity index (χ0n) is 10.4. The number of methoxy groups -OCH3 is 1. The molecule has 0 aliphatic carbocycles. The minimum atomic E-state index is -0.344. The number of hydrogen-bond acceptors (Lipinski definition) is 2. The Morgan fingerprint density at radius 2 is 2.16 bits per heavy atom. The standard InChI is InChI=1S/C15H13ClFNO/c1-19-14-6-5-9(7-12(14)17)13-8-10-3-2-4-11(16)15(10)18-13/h2-7,13,18H,8H2,1H3. The largest absolute Gasteiger partial charge is 0.494 e. The summed E-state index contributed by atoms with van der Waals surface area (Å²) in [4.78, 5) is 0. The molecule has 0 bridgehead atoms. The van der Waals surface area contributed by atoms with Crippen molar-refractivity contribution in [3.63, 3.8) is 0 Å². The number of nitrogens with one attached hydrogen (secondary N) is 1. The fraction of sp³-hybridized carbons (Fsp3) is 0.200. The van der Waals surface area contributed by atoms with Crippen LogP contribution in [0.3, 0.4) is 0 Å². The van der Waals surface area contributed by atoms with Crippen LogP contribution < -0.4 is 10.1 Å². The maximum Gasteiger partial charge on any atom is 0.165 e. The summed E-state index contributed by atoms with van der Waals surface area (Å²) in [6, 6.07) is 10.9. The summed E-state index contributed by atoms with van der Waals surface area (Å²) in [6.45, 7) is 0. The first-order valence-electron chi connectivity index (χ1n) is 6.06. The van der Waals surface area contributed by atoms with E-state index in [4.69, 9.17) is 16.3 Å². The number of anilines is 1. The normalized spacial score (nSPS) is 16.9. The lowest BCUT2D eigenvalue weighted by atomic mass is 10.0. The van der Waals surface area contributed by atoms with Gasteiger partial charge in [0.1, 0.15) is 0 Å². The van der Waals surface area contributed by atoms with E-state index in [2.05, 4.69) is 5.32 Å². The van der Waals surface area contributed by atoms with E-state index in [0.29, 0.717) is 5.02 Å². The summed E-state index contributed by atoms with van der Waals surface area (Å²) in [6.07, 6.45) is 0.807. The van der Waals surface area contributed by atoms with Gasteiger partial charge in [-0.15, -0.1) is 0 Å². The van der Waals surface area contributed by atoms with Gasteiger partial charge in [0.2, 0.25) is 0 Å². The topological polar surface area (TPSA) is 21.3 Å². The van der Waals surface area contributed by atoms with E-state index in [1.165, 1.54) is 13.2 Å². The van der Waals surface area contributed by atoms with Gasteiger partial charge in [-0.1, -0.05) is 29.8 Å². The van der Waals surface area contributed by atoms with Crippen LogP contribution in [0.25, 0.3) is 0 Å². The second-order valence-electron chi connectivity index (χ2n) is 4.57. The number of para-hydroxylation sites is 1. The molecule has 0 radical (unpaired) electrons. The lowest BCUT2D eigenvalue weighted by Gasteiger charge is -2.13. The molecule has 0 saturated heterocycles. The summed E-state index contributed by atoms with van der Waals surface area (Å²) in [7, 11) is 1.46. The predicted octanol–water partition coefficient (Wildman–Crippen LogP) is 4.20. The van der Waals surface area contributed by atoms with Gasteiger partial charge < -0.3 is 10.1 Å². The number of hydrogen-bond donors (Lipinski definition) is 1. The molecule has 1 N–H and O–H groups in total. The minimum Gasteiger partial charge on any atom is -0.494 e. The van der Waals surface area contributed by atoms with E-state index >= 15 is 0 Å². The lowest BCUT2D eigenvalue weighted by molar-refractivity contribution is 0.386. The monoisotopic (exact) mass is 277 g/mol. The molecule has 0 fully saturated rings. The summed E-state index contributed by atoms with van der Waals surface area (Å²) in [5.41, 5.74) is 3.00. The SMILES string of the molecule is COc1ccc(C2Cc3cccc(Cl)c3N2)cc1F. The molecule has 2 aromatic rings. The Morgan fingerprint density at radius 1 is 1.32 bits per heavy atom. The summed E-state index contributed by atoms with van der Waals surface area (Å²) < 4.78 is 18.7. The van der Waals surface area contributed by atoms with Gasteiger partial charge in [0, 0.05) is 0 Å². The first-order chi connectivity index (χ1) is 9.19. The van der Waals surface area contributed by atoms with E-state index in [0.717, 1.165) is 23.2 Å². The Hall–Kier alpha value is -1.74. The van der Waals surface area contributed by atoms with Crippen LogP contribution >= 0.6 is 11.6 Å². The lowest BCUT2D eigenvalue weighted by Crippen LogP contribution is -2.06. The van der Waals surface area contributed by atoms with Gasteiger partial charge in [-0.3, -0.25) is 0 Å². The molecule has 1 aliphatic heterocycles. The highest BCUT2D eigenvalue weighted by atomic mass is 35.5. The van der Waals surface area contributed by atoms with Crippen molar-refractivity contribution in [2.75, 3.05) is 12.4 Å². The second kappa shape index (κ2) is 4.74. The molecule has 3 rings (SSSR count). The molecule has 0 spiro atoms. The molecule has 0 amide bonds. The predicted molar refractivity (Wildman–Crippen MR) is 74.5 cm³/mol. The van der Waals surface area contributed by atoms with Crippen LogP contribution in [0.2, 0.25) is 5.02 Å². The first-order valence-corrected chi connectivity index (χ1v) is 6.44. The summed E-state index contributed by atoms with van der Waals surface area (Å²) >= 11 is 6.14. The van der Waals surface area contributed by atoms with Crippen molar-refractivity contribution in [1.82, 2.24) is 0 Å². The third kappa shape index (κ3) is 2.15. The van der Waals surface area contributed by atoms with E-state index in [-0.39, 0.29) is 17.6 Å². The van der Waals surface area contributed by atoms with Crippen molar-refractivity contribution in [3.05, 3.63) is 58.4 Å². The van der Waals surface area contributed by atoms with Crippen molar-refractivity contribution < 1.29 is 9.13 Å². The molecule has 1 unspecified atom stereocenters. The van der Waals surface area contributed by atoms with Crippen LogP contribution in [0.15, 0.2) is 36.4 Å². The van der Waals surface area contributed by atoms with Crippen LogP contribution in [-0.4, -0.2) is 7.11 Å². The molecular formula is C15H13ClFNO. The maximum atomic E-state index is 13.7. The molecule has 4 heteroatoms. The van der Waals surface area contributed by atoms with Crippen molar-refractivity contribution in [3.8, 4) is 5.75 Å². The highest BCUT2D eigenvalue weighted by Crippen LogP contribution is 2.39. The zero-order valence-corrected chi connectivity index (χ0v) is 11.2. The van der Waals surface area contributed by atoms with Gasteiger partial charge in [-0.2, -0.15) is 0 Å². The van der Waals surface area contributed by atoms with Gasteiger partial charge in [-0.25, -0.2) is 4.39 Å². The molecule has 1 aliphatic rings. The molecular weight excluding hydrogens is 265 g/mol. The number of benzene rings is 2. The minimum absolute atomic E-state index is 0.0512. The van der Waals surface area contributed by atoms with Crippen LogP contribution in [0.4, 0.5) is 10.1 Å². The van der Waals surface area contributed by atoms with Crippen LogP contribution in [0.1, 0.15) is 17.2 Å². The Balaban J connectivity index is 1.91. The van der Waals surface area contributed by atoms with Gasteiger partial charge in [0.15, 0.2) is 11.6 Å². The Labute approximate surface area is 116 Å². The fourth-order valence-electron chi connectivity index (χ4n) is 2.45. The van der Waals surface area contributed by atoms with Crippen molar-refractivity contribution in [2.45, 2.75) is 12.5 Å². The average Bonchev–Trinajstić information content (AvgIpc) is 2.84. The molecule has 1 atom stereocenters. The third-order valence-corrected chi connectivity index (χ3v) is 3.74. The van der Waals surface area contributed by atoms with E-state index in [9.17, 15) is 4.39 Å². The number of rotatable bonds is 2. The number of halogens is 2. The molecule has 98 valence electrons. The van der Waals surface area contributed by atoms with Gasteiger partial charge in [0.05, 0.1) is 23.9 Å². The molecule has 1 heterocycles. The highest BCUT2D eigenvalue weighted by molar-refractivity contribution is 6.33. The second-order valence-corrected chi connectivity index (χ2v) is 4.98. The fourth-order valence-corrected chi connectivity index (χ4v) is 2.69. The number of ether oxygens (including phenoxy) is 1. The maximum absolute atomic E-state index is 13.7. The average molecular weight is 278 g/mol. The van der Waals surface area contributed by atoms with Gasteiger partial charge >= 0.3 is 0 Å². The quantitative estimate of drug-likeness (QED) is 0.888. The smallest absolute Gasteiger partial charge is 0.165 e. The highest BCUT2D eigenvalue weighted by Gasteiger charge is 2.24. The van der Waals surface area contributed by atoms with Gasteiger partial charge in [0.25, 0.3) is 0 Å². The van der Waals surface area contributed by atoms with Crippen LogP contribution in [0, 0.1) is 5.82 Å². The van der Waals surface area contributed by atoms with E-state index in [1.54, 1.807) is 6.07 Å². The molecule has 0 saturated carbocycles. The molecule has 0 aromatic heterocycles. The summed E-state index contributed by atoms with van der Waals surface area (Å²) in [5, 5.41) is 4.05. The molecule has 2 nitrogen and oxygen atoms in total. The van der Waals surface area contributed by atoms with Crippen molar-refractivity contribution in [1.29, 1.82) is 0 Å². The Kier molecular flexibility index (Phi) is 3.07. The first kappa shape index (κ1) is 12.3. The van der Waals surface area contributed by atoms with Crippen molar-refractivity contribution in [2.24, 2.45) is 0 Å². The Bertz CT molecular complexity index is 630. The van der Waals surface area contributed by atoms with Crippen molar-refractivity contribution >= 4 is 17.3 Å². The molecule has 2 aromatic carbocycles. The van der Waals surface area contributed by atoms with E-state index < -0.39 is 0 Å². The number of fused-ring (bicyclic) bond motifs is 1.